The van der Waals surface area contributed by atoms with Crippen LogP contribution in [0.1, 0.15) is 50.1 Å². The molecule has 3 aliphatic rings. The Morgan fingerprint density at radius 3 is 2.44 bits per heavy atom. The second-order valence-electron chi connectivity index (χ2n) is 9.37. The number of carbonyl (C=O) groups is 1. The van der Waals surface area contributed by atoms with E-state index in [0.29, 0.717) is 25.3 Å². The van der Waals surface area contributed by atoms with Gasteiger partial charge >= 0.3 is 0 Å². The van der Waals surface area contributed by atoms with Gasteiger partial charge in [0.2, 0.25) is 15.9 Å². The van der Waals surface area contributed by atoms with E-state index in [1.165, 1.54) is 6.42 Å². The van der Waals surface area contributed by atoms with E-state index in [2.05, 4.69) is 5.32 Å². The lowest BCUT2D eigenvalue weighted by Crippen LogP contribution is -2.48. The summed E-state index contributed by atoms with van der Waals surface area (Å²) in [6, 6.07) is 11.8. The highest BCUT2D eigenvalue weighted by molar-refractivity contribution is 7.89. The Balaban J connectivity index is 1.31. The summed E-state index contributed by atoms with van der Waals surface area (Å²) in [5.74, 6) is 0.235. The fourth-order valence-corrected chi connectivity index (χ4v) is 7.08. The summed E-state index contributed by atoms with van der Waals surface area (Å²) >= 11 is 0. The number of hydrogen-bond donors (Lipinski definition) is 1. The molecule has 1 N–H and O–H groups in total. The van der Waals surface area contributed by atoms with Gasteiger partial charge in [-0.05, 0) is 55.5 Å². The minimum absolute atomic E-state index is 0.0145. The number of pyridine rings is 1. The molecule has 2 aromatic rings. The van der Waals surface area contributed by atoms with Crippen molar-refractivity contribution in [2.24, 2.45) is 11.8 Å². The molecule has 0 unspecified atom stereocenters. The standard InChI is InChI=1S/C24H29N3O4S/c28-23-8-4-7-22-19-13-17(15-27(22)23)14-26(16-19)32(30,31)21-11-9-20(10-12-21)25-24(29)18-5-2-1-3-6-18/h4,7-12,17-19H,1-3,5-6,13-16H2,(H,25,29)/t17-,19-/m1/s1. The summed E-state index contributed by atoms with van der Waals surface area (Å²) < 4.78 is 30.1. The number of sulfonamides is 1. The third-order valence-corrected chi connectivity index (χ3v) is 9.03. The van der Waals surface area contributed by atoms with Gasteiger partial charge < -0.3 is 9.88 Å². The van der Waals surface area contributed by atoms with Crippen LogP contribution >= 0.6 is 0 Å². The number of rotatable bonds is 4. The minimum atomic E-state index is -3.65. The van der Waals surface area contributed by atoms with Gasteiger partial charge in [-0.15, -0.1) is 0 Å². The summed E-state index contributed by atoms with van der Waals surface area (Å²) in [4.78, 5) is 24.9. The van der Waals surface area contributed by atoms with Crippen molar-refractivity contribution in [2.75, 3.05) is 18.4 Å². The van der Waals surface area contributed by atoms with Crippen molar-refractivity contribution >= 4 is 21.6 Å². The van der Waals surface area contributed by atoms with E-state index < -0.39 is 10.0 Å². The van der Waals surface area contributed by atoms with Gasteiger partial charge in [0.1, 0.15) is 0 Å². The van der Waals surface area contributed by atoms with Crippen LogP contribution in [0.3, 0.4) is 0 Å². The Bertz CT molecular complexity index is 1170. The highest BCUT2D eigenvalue weighted by Crippen LogP contribution is 2.37. The maximum Gasteiger partial charge on any atom is 0.250 e. The molecule has 1 saturated carbocycles. The topological polar surface area (TPSA) is 88.5 Å². The molecule has 7 nitrogen and oxygen atoms in total. The summed E-state index contributed by atoms with van der Waals surface area (Å²) in [6.07, 6.45) is 6.12. The first-order chi connectivity index (χ1) is 15.4. The Morgan fingerprint density at radius 2 is 1.69 bits per heavy atom. The van der Waals surface area contributed by atoms with Crippen LogP contribution in [0, 0.1) is 11.8 Å². The van der Waals surface area contributed by atoms with Crippen molar-refractivity contribution < 1.29 is 13.2 Å². The molecule has 0 spiro atoms. The molecule has 8 heteroatoms. The second kappa shape index (κ2) is 8.48. The first kappa shape index (κ1) is 21.4. The van der Waals surface area contributed by atoms with Crippen LogP contribution in [0.4, 0.5) is 5.69 Å². The molecular weight excluding hydrogens is 426 g/mol. The SMILES string of the molecule is O=C(Nc1ccc(S(=O)(=O)N2C[C@H]3C[C@H](C2)c2cccc(=O)n2C3)cc1)C1CCCCC1. The monoisotopic (exact) mass is 455 g/mol. The van der Waals surface area contributed by atoms with Gasteiger partial charge in [-0.3, -0.25) is 9.59 Å². The number of benzene rings is 1. The average Bonchev–Trinajstić information content (AvgIpc) is 2.80. The molecule has 2 atom stereocenters. The molecule has 2 aliphatic heterocycles. The number of amides is 1. The van der Waals surface area contributed by atoms with Crippen LogP contribution in [0.15, 0.2) is 52.2 Å². The summed E-state index contributed by atoms with van der Waals surface area (Å²) in [5, 5.41) is 2.94. The Kier molecular flexibility index (Phi) is 5.67. The molecule has 1 saturated heterocycles. The van der Waals surface area contributed by atoms with Gasteiger partial charge in [-0.1, -0.05) is 25.3 Å². The molecular formula is C24H29N3O4S. The zero-order valence-electron chi connectivity index (χ0n) is 18.1. The number of anilines is 1. The molecule has 32 heavy (non-hydrogen) atoms. The molecule has 170 valence electrons. The lowest BCUT2D eigenvalue weighted by Gasteiger charge is -2.42. The molecule has 2 fully saturated rings. The molecule has 1 aromatic heterocycles. The van der Waals surface area contributed by atoms with E-state index in [-0.39, 0.29) is 34.1 Å². The average molecular weight is 456 g/mol. The first-order valence-corrected chi connectivity index (χ1v) is 13.0. The first-order valence-electron chi connectivity index (χ1n) is 11.5. The van der Waals surface area contributed by atoms with Crippen molar-refractivity contribution in [3.63, 3.8) is 0 Å². The van der Waals surface area contributed by atoms with Gasteiger partial charge in [0, 0.05) is 48.9 Å². The van der Waals surface area contributed by atoms with E-state index >= 15 is 0 Å². The highest BCUT2D eigenvalue weighted by Gasteiger charge is 2.39. The van der Waals surface area contributed by atoms with Crippen molar-refractivity contribution in [2.45, 2.75) is 55.9 Å². The fourth-order valence-electron chi connectivity index (χ4n) is 5.52. The number of nitrogens with one attached hydrogen (secondary N) is 1. The third kappa shape index (κ3) is 4.01. The van der Waals surface area contributed by atoms with Crippen LogP contribution in [-0.4, -0.2) is 36.3 Å². The largest absolute Gasteiger partial charge is 0.326 e. The molecule has 1 aliphatic carbocycles. The molecule has 0 radical (unpaired) electrons. The number of hydrogen-bond acceptors (Lipinski definition) is 4. The Labute approximate surface area is 188 Å². The van der Waals surface area contributed by atoms with Crippen LogP contribution in [0.5, 0.6) is 0 Å². The number of carbonyl (C=O) groups excluding carboxylic acids is 1. The van der Waals surface area contributed by atoms with Gasteiger partial charge in [-0.25, -0.2) is 8.42 Å². The van der Waals surface area contributed by atoms with Crippen LogP contribution in [0.25, 0.3) is 0 Å². The number of piperidine rings is 1. The van der Waals surface area contributed by atoms with Crippen molar-refractivity contribution in [3.8, 4) is 0 Å². The van der Waals surface area contributed by atoms with Gasteiger partial charge in [0.15, 0.2) is 0 Å². The maximum atomic E-state index is 13.3. The lowest BCUT2D eigenvalue weighted by molar-refractivity contribution is -0.120. The molecule has 1 aromatic carbocycles. The predicted octanol–water partition coefficient (Wildman–Crippen LogP) is 3.18. The molecule has 5 rings (SSSR count). The molecule has 2 bridgehead atoms. The fraction of sp³-hybridized carbons (Fsp3) is 0.500. The van der Waals surface area contributed by atoms with E-state index in [1.54, 1.807) is 45.3 Å². The highest BCUT2D eigenvalue weighted by atomic mass is 32.2. The van der Waals surface area contributed by atoms with Crippen molar-refractivity contribution in [1.29, 1.82) is 0 Å². The van der Waals surface area contributed by atoms with Gasteiger partial charge in [0.25, 0.3) is 5.56 Å². The van der Waals surface area contributed by atoms with Crippen molar-refractivity contribution in [3.05, 3.63) is 58.5 Å². The van der Waals surface area contributed by atoms with Crippen LogP contribution in [0.2, 0.25) is 0 Å². The number of aromatic nitrogens is 1. The van der Waals surface area contributed by atoms with E-state index in [0.717, 1.165) is 37.8 Å². The quantitative estimate of drug-likeness (QED) is 0.767. The van der Waals surface area contributed by atoms with Gasteiger partial charge in [-0.2, -0.15) is 4.31 Å². The summed E-state index contributed by atoms with van der Waals surface area (Å²) in [5.41, 5.74) is 1.54. The Hall–Kier alpha value is -2.45. The number of fused-ring (bicyclic) bond motifs is 4. The van der Waals surface area contributed by atoms with E-state index in [1.807, 2.05) is 6.07 Å². The third-order valence-electron chi connectivity index (χ3n) is 7.18. The zero-order valence-corrected chi connectivity index (χ0v) is 18.9. The Morgan fingerprint density at radius 1 is 0.938 bits per heavy atom. The summed E-state index contributed by atoms with van der Waals surface area (Å²) in [6.45, 7) is 1.35. The molecule has 1 amide bonds. The predicted molar refractivity (Wildman–Crippen MR) is 122 cm³/mol. The van der Waals surface area contributed by atoms with E-state index in [9.17, 15) is 18.0 Å². The lowest BCUT2D eigenvalue weighted by atomic mass is 9.84. The van der Waals surface area contributed by atoms with Gasteiger partial charge in [0.05, 0.1) is 4.90 Å². The normalized spacial score (nSPS) is 24.0. The summed E-state index contributed by atoms with van der Waals surface area (Å²) in [7, 11) is -3.65. The van der Waals surface area contributed by atoms with Crippen LogP contribution < -0.4 is 10.9 Å². The van der Waals surface area contributed by atoms with Crippen LogP contribution in [-0.2, 0) is 21.4 Å². The van der Waals surface area contributed by atoms with E-state index in [4.69, 9.17) is 0 Å². The maximum absolute atomic E-state index is 13.3. The molecule has 3 heterocycles. The van der Waals surface area contributed by atoms with Crippen molar-refractivity contribution in [1.82, 2.24) is 8.87 Å². The second-order valence-corrected chi connectivity index (χ2v) is 11.3. The zero-order chi connectivity index (χ0) is 22.3. The smallest absolute Gasteiger partial charge is 0.250 e. The minimum Gasteiger partial charge on any atom is -0.326 e. The number of nitrogens with zero attached hydrogens (tertiary/aromatic N) is 2.